The Kier molecular flexibility index (Phi) is 5.57. The summed E-state index contributed by atoms with van der Waals surface area (Å²) < 4.78 is 12.4. The van der Waals surface area contributed by atoms with Gasteiger partial charge in [0, 0.05) is 12.5 Å². The lowest BCUT2D eigenvalue weighted by molar-refractivity contribution is 0.00872. The molecular formula is C23H31NO2. The van der Waals surface area contributed by atoms with Gasteiger partial charge in [0.25, 0.3) is 0 Å². The van der Waals surface area contributed by atoms with Crippen LogP contribution in [0.15, 0.2) is 48.5 Å². The van der Waals surface area contributed by atoms with Gasteiger partial charge in [-0.3, -0.25) is 5.32 Å². The molecule has 1 aliphatic rings. The van der Waals surface area contributed by atoms with Crippen LogP contribution in [0.5, 0.6) is 11.5 Å². The molecule has 0 amide bonds. The van der Waals surface area contributed by atoms with Gasteiger partial charge in [-0.25, -0.2) is 0 Å². The fraction of sp³-hybridized carbons (Fsp3) is 0.478. The lowest BCUT2D eigenvalue weighted by Gasteiger charge is -2.43. The first-order chi connectivity index (χ1) is 12.4. The molecule has 0 aromatic heterocycles. The Bertz CT molecular complexity index is 742. The summed E-state index contributed by atoms with van der Waals surface area (Å²) in [6, 6.07) is 16.6. The van der Waals surface area contributed by atoms with Gasteiger partial charge in [-0.05, 0) is 62.4 Å². The smallest absolute Gasteiger partial charge is 0.147 e. The van der Waals surface area contributed by atoms with Crippen molar-refractivity contribution in [3.63, 3.8) is 0 Å². The van der Waals surface area contributed by atoms with Crippen molar-refractivity contribution >= 4 is 0 Å². The molecule has 3 rings (SSSR count). The number of benzene rings is 2. The maximum Gasteiger partial charge on any atom is 0.147 e. The Morgan fingerprint density at radius 3 is 2.65 bits per heavy atom. The average molecular weight is 354 g/mol. The molecule has 0 spiro atoms. The standard InChI is InChI=1S/C23H31NO2/c1-16(2)23(5)14-19(21-11-6-7-12-22(21)26-23)15-24-18(4)25-20-10-8-9-17(3)13-20/h6-13,16,18-19,24H,14-15H2,1-5H3/t18?,19-,23?/m0/s1. The van der Waals surface area contributed by atoms with Gasteiger partial charge in [0.2, 0.25) is 0 Å². The minimum atomic E-state index is -0.138. The van der Waals surface area contributed by atoms with E-state index < -0.39 is 0 Å². The van der Waals surface area contributed by atoms with Gasteiger partial charge in [0.1, 0.15) is 23.3 Å². The van der Waals surface area contributed by atoms with E-state index >= 15 is 0 Å². The van der Waals surface area contributed by atoms with Crippen LogP contribution in [-0.4, -0.2) is 18.4 Å². The molecule has 0 saturated carbocycles. The van der Waals surface area contributed by atoms with Crippen molar-refractivity contribution in [2.24, 2.45) is 5.92 Å². The zero-order chi connectivity index (χ0) is 18.7. The average Bonchev–Trinajstić information content (AvgIpc) is 2.59. The summed E-state index contributed by atoms with van der Waals surface area (Å²) in [5, 5.41) is 3.56. The molecule has 3 nitrogen and oxygen atoms in total. The molecule has 3 atom stereocenters. The first kappa shape index (κ1) is 18.8. The van der Waals surface area contributed by atoms with E-state index in [-0.39, 0.29) is 11.8 Å². The van der Waals surface area contributed by atoms with Crippen molar-refractivity contribution in [3.05, 3.63) is 59.7 Å². The molecule has 140 valence electrons. The molecule has 0 fully saturated rings. The first-order valence-corrected chi connectivity index (χ1v) is 9.62. The highest BCUT2D eigenvalue weighted by molar-refractivity contribution is 5.39. The molecule has 3 heteroatoms. The zero-order valence-corrected chi connectivity index (χ0v) is 16.6. The van der Waals surface area contributed by atoms with Crippen LogP contribution in [0.3, 0.4) is 0 Å². The van der Waals surface area contributed by atoms with Crippen LogP contribution >= 0.6 is 0 Å². The van der Waals surface area contributed by atoms with Crippen LogP contribution in [0, 0.1) is 12.8 Å². The summed E-state index contributed by atoms with van der Waals surface area (Å²) in [6.07, 6.45) is 0.961. The number of fused-ring (bicyclic) bond motifs is 1. The third-order valence-corrected chi connectivity index (χ3v) is 5.53. The number of aryl methyl sites for hydroxylation is 1. The molecule has 2 aromatic rings. The topological polar surface area (TPSA) is 30.5 Å². The summed E-state index contributed by atoms with van der Waals surface area (Å²) >= 11 is 0. The Hall–Kier alpha value is -2.00. The summed E-state index contributed by atoms with van der Waals surface area (Å²) in [4.78, 5) is 0. The summed E-state index contributed by atoms with van der Waals surface area (Å²) in [7, 11) is 0. The SMILES string of the molecule is Cc1cccc(OC(C)NC[C@@H]2CC(C)(C(C)C)Oc3ccccc32)c1. The number of hydrogen-bond donors (Lipinski definition) is 1. The van der Waals surface area contributed by atoms with Gasteiger partial charge in [0.15, 0.2) is 0 Å². The molecule has 0 radical (unpaired) electrons. The number of hydrogen-bond acceptors (Lipinski definition) is 3. The normalized spacial score (nSPS) is 23.2. The Labute approximate surface area is 157 Å². The highest BCUT2D eigenvalue weighted by Gasteiger charge is 2.39. The van der Waals surface area contributed by atoms with Crippen LogP contribution < -0.4 is 14.8 Å². The number of para-hydroxylation sites is 1. The van der Waals surface area contributed by atoms with Gasteiger partial charge in [-0.1, -0.05) is 44.2 Å². The van der Waals surface area contributed by atoms with Crippen LogP contribution in [0.4, 0.5) is 0 Å². The van der Waals surface area contributed by atoms with E-state index in [2.05, 4.69) is 76.3 Å². The quantitative estimate of drug-likeness (QED) is 0.716. The number of ether oxygens (including phenoxy) is 2. The second-order valence-corrected chi connectivity index (χ2v) is 7.99. The zero-order valence-electron chi connectivity index (χ0n) is 16.6. The van der Waals surface area contributed by atoms with Gasteiger partial charge in [-0.2, -0.15) is 0 Å². The van der Waals surface area contributed by atoms with Gasteiger partial charge in [0.05, 0.1) is 0 Å². The van der Waals surface area contributed by atoms with E-state index in [1.807, 2.05) is 12.1 Å². The highest BCUT2D eigenvalue weighted by atomic mass is 16.5. The second kappa shape index (κ2) is 7.71. The summed E-state index contributed by atoms with van der Waals surface area (Å²) in [5.41, 5.74) is 2.36. The van der Waals surface area contributed by atoms with E-state index in [4.69, 9.17) is 9.47 Å². The molecule has 2 unspecified atom stereocenters. The molecule has 0 aliphatic carbocycles. The number of nitrogens with one attached hydrogen (secondary N) is 1. The summed E-state index contributed by atoms with van der Waals surface area (Å²) in [6.45, 7) is 11.7. The highest BCUT2D eigenvalue weighted by Crippen LogP contribution is 2.43. The fourth-order valence-corrected chi connectivity index (χ4v) is 3.58. The molecule has 1 N–H and O–H groups in total. The minimum absolute atomic E-state index is 0.0443. The van der Waals surface area contributed by atoms with Crippen molar-refractivity contribution < 1.29 is 9.47 Å². The lowest BCUT2D eigenvalue weighted by Crippen LogP contribution is -2.45. The molecular weight excluding hydrogens is 322 g/mol. The van der Waals surface area contributed by atoms with E-state index in [1.165, 1.54) is 11.1 Å². The molecule has 1 heterocycles. The van der Waals surface area contributed by atoms with Crippen molar-refractivity contribution in [2.75, 3.05) is 6.54 Å². The molecule has 1 aliphatic heterocycles. The molecule has 0 bridgehead atoms. The van der Waals surface area contributed by atoms with E-state index in [0.717, 1.165) is 24.5 Å². The lowest BCUT2D eigenvalue weighted by atomic mass is 9.78. The van der Waals surface area contributed by atoms with Crippen LogP contribution in [-0.2, 0) is 0 Å². The van der Waals surface area contributed by atoms with Gasteiger partial charge >= 0.3 is 0 Å². The Morgan fingerprint density at radius 1 is 1.15 bits per heavy atom. The van der Waals surface area contributed by atoms with Crippen molar-refractivity contribution in [1.29, 1.82) is 0 Å². The predicted molar refractivity (Wildman–Crippen MR) is 107 cm³/mol. The predicted octanol–water partition coefficient (Wildman–Crippen LogP) is 5.29. The first-order valence-electron chi connectivity index (χ1n) is 9.62. The minimum Gasteiger partial charge on any atom is -0.487 e. The van der Waals surface area contributed by atoms with Crippen LogP contribution in [0.1, 0.15) is 51.2 Å². The van der Waals surface area contributed by atoms with Crippen molar-refractivity contribution in [3.8, 4) is 11.5 Å². The fourth-order valence-electron chi connectivity index (χ4n) is 3.58. The van der Waals surface area contributed by atoms with Gasteiger partial charge in [-0.15, -0.1) is 0 Å². The maximum atomic E-state index is 6.37. The molecule has 0 saturated heterocycles. The van der Waals surface area contributed by atoms with Crippen LogP contribution in [0.25, 0.3) is 0 Å². The Morgan fingerprint density at radius 2 is 1.92 bits per heavy atom. The van der Waals surface area contributed by atoms with E-state index in [9.17, 15) is 0 Å². The third kappa shape index (κ3) is 4.21. The second-order valence-electron chi connectivity index (χ2n) is 7.99. The summed E-state index contributed by atoms with van der Waals surface area (Å²) in [5.74, 6) is 2.80. The van der Waals surface area contributed by atoms with E-state index in [1.54, 1.807) is 0 Å². The third-order valence-electron chi connectivity index (χ3n) is 5.53. The van der Waals surface area contributed by atoms with E-state index in [0.29, 0.717) is 11.8 Å². The van der Waals surface area contributed by atoms with Gasteiger partial charge < -0.3 is 9.47 Å². The van der Waals surface area contributed by atoms with Crippen LogP contribution in [0.2, 0.25) is 0 Å². The Balaban J connectivity index is 1.68. The number of rotatable bonds is 6. The van der Waals surface area contributed by atoms with Crippen molar-refractivity contribution in [1.82, 2.24) is 5.32 Å². The van der Waals surface area contributed by atoms with Crippen molar-refractivity contribution in [2.45, 2.75) is 58.8 Å². The monoisotopic (exact) mass is 353 g/mol. The maximum absolute atomic E-state index is 6.37. The molecule has 2 aromatic carbocycles. The largest absolute Gasteiger partial charge is 0.487 e. The molecule has 26 heavy (non-hydrogen) atoms.